The molecule has 0 bridgehead atoms. The maximum absolute atomic E-state index is 14.2. The van der Waals surface area contributed by atoms with Crippen LogP contribution in [0.3, 0.4) is 0 Å². The zero-order valence-corrected chi connectivity index (χ0v) is 37.6. The smallest absolute Gasteiger partial charge is 0.255 e. The number of nitrogens with two attached hydrogens (primary N) is 1. The van der Waals surface area contributed by atoms with E-state index in [1.165, 1.54) is 42.5 Å². The lowest BCUT2D eigenvalue weighted by atomic mass is 9.83. The van der Waals surface area contributed by atoms with E-state index in [0.29, 0.717) is 11.5 Å². The second-order valence-electron chi connectivity index (χ2n) is 18.6. The molecule has 11 heteroatoms. The molecule has 332 valence electrons. The van der Waals surface area contributed by atoms with Crippen LogP contribution in [0.15, 0.2) is 140 Å². The number of anilines is 3. The third-order valence-electron chi connectivity index (χ3n) is 11.9. The number of nitrogen functional groups attached to an aromatic ring is 1. The van der Waals surface area contributed by atoms with Gasteiger partial charge in [-0.3, -0.25) is 28.8 Å². The largest absolute Gasteiger partial charge is 0.454 e. The molecule has 0 saturated carbocycles. The molecule has 11 nitrogen and oxygen atoms in total. The van der Waals surface area contributed by atoms with Gasteiger partial charge in [0, 0.05) is 50.2 Å². The molecule has 2 aliphatic carbocycles. The van der Waals surface area contributed by atoms with Gasteiger partial charge in [-0.05, 0) is 88.7 Å². The Balaban J connectivity index is 1.06. The Morgan fingerprint density at radius 2 is 0.776 bits per heavy atom. The first kappa shape index (κ1) is 43.8. The van der Waals surface area contributed by atoms with Crippen LogP contribution in [-0.4, -0.2) is 34.9 Å². The molecule has 0 fully saturated rings. The Morgan fingerprint density at radius 3 is 1.12 bits per heavy atom. The summed E-state index contributed by atoms with van der Waals surface area (Å²) in [5.41, 5.74) is 9.49. The zero-order chi connectivity index (χ0) is 47.5. The number of hydrogen-bond acceptors (Lipinski definition) is 9. The van der Waals surface area contributed by atoms with Crippen molar-refractivity contribution in [3.8, 4) is 23.0 Å². The molecule has 67 heavy (non-hydrogen) atoms. The van der Waals surface area contributed by atoms with Crippen LogP contribution < -0.4 is 25.8 Å². The molecular formula is C56H45N3O8. The molecule has 2 amide bonds. The maximum atomic E-state index is 14.2. The van der Waals surface area contributed by atoms with Gasteiger partial charge in [0.15, 0.2) is 34.6 Å². The third-order valence-corrected chi connectivity index (χ3v) is 11.9. The van der Waals surface area contributed by atoms with Crippen molar-refractivity contribution in [1.29, 1.82) is 0 Å². The van der Waals surface area contributed by atoms with Crippen molar-refractivity contribution in [2.45, 2.75) is 52.4 Å². The van der Waals surface area contributed by atoms with Gasteiger partial charge in [0.05, 0.1) is 22.5 Å². The van der Waals surface area contributed by atoms with Crippen molar-refractivity contribution in [3.05, 3.63) is 206 Å². The third kappa shape index (κ3) is 8.16. The lowest BCUT2D eigenvalue weighted by molar-refractivity contribution is 0.0977. The Morgan fingerprint density at radius 1 is 0.433 bits per heavy atom. The van der Waals surface area contributed by atoms with Crippen LogP contribution in [0, 0.1) is 0 Å². The van der Waals surface area contributed by atoms with E-state index in [1.54, 1.807) is 72.8 Å². The van der Waals surface area contributed by atoms with Gasteiger partial charge in [-0.25, -0.2) is 0 Å². The van der Waals surface area contributed by atoms with E-state index in [1.807, 2.05) is 24.3 Å². The van der Waals surface area contributed by atoms with Crippen LogP contribution >= 0.6 is 0 Å². The minimum Gasteiger partial charge on any atom is -0.454 e. The van der Waals surface area contributed by atoms with Gasteiger partial charge in [0.1, 0.15) is 11.5 Å². The highest BCUT2D eigenvalue weighted by Crippen LogP contribution is 2.43. The fourth-order valence-corrected chi connectivity index (χ4v) is 8.31. The van der Waals surface area contributed by atoms with Crippen LogP contribution in [0.25, 0.3) is 0 Å². The molecule has 2 aliphatic rings. The molecule has 0 heterocycles. The minimum atomic E-state index is -0.705. The number of ether oxygens (including phenoxy) is 2. The number of carbonyl (C=O) groups is 6. The van der Waals surface area contributed by atoms with Gasteiger partial charge in [-0.2, -0.15) is 0 Å². The Labute approximate surface area is 387 Å². The minimum absolute atomic E-state index is 0.00840. The predicted molar refractivity (Wildman–Crippen MR) is 257 cm³/mol. The van der Waals surface area contributed by atoms with E-state index >= 15 is 0 Å². The van der Waals surface area contributed by atoms with Crippen LogP contribution in [0.5, 0.6) is 23.0 Å². The number of ketones is 4. The van der Waals surface area contributed by atoms with Gasteiger partial charge in [-0.1, -0.05) is 114 Å². The van der Waals surface area contributed by atoms with Crippen molar-refractivity contribution in [1.82, 2.24) is 0 Å². The van der Waals surface area contributed by atoms with Gasteiger partial charge in [-0.15, -0.1) is 0 Å². The number of fused-ring (bicyclic) bond motifs is 4. The lowest BCUT2D eigenvalue weighted by Crippen LogP contribution is -2.23. The van der Waals surface area contributed by atoms with Gasteiger partial charge < -0.3 is 25.8 Å². The fourth-order valence-electron chi connectivity index (χ4n) is 8.31. The second kappa shape index (κ2) is 16.5. The molecule has 0 aliphatic heterocycles. The summed E-state index contributed by atoms with van der Waals surface area (Å²) in [6.07, 6.45) is 0. The van der Waals surface area contributed by atoms with E-state index in [4.69, 9.17) is 15.2 Å². The average molecular weight is 888 g/mol. The fraction of sp³-hybridized carbons (Fsp3) is 0.143. The normalized spacial score (nSPS) is 12.9. The van der Waals surface area contributed by atoms with E-state index in [9.17, 15) is 28.8 Å². The topological polar surface area (TPSA) is 171 Å². The van der Waals surface area contributed by atoms with Crippen molar-refractivity contribution in [2.75, 3.05) is 16.4 Å². The van der Waals surface area contributed by atoms with Crippen LogP contribution in [0.2, 0.25) is 0 Å². The van der Waals surface area contributed by atoms with Crippen molar-refractivity contribution in [2.24, 2.45) is 0 Å². The SMILES string of the molecule is CC(C)(C)c1ccc(Oc2c(NC(=O)c3cc(N)cc(C(=O)Nc4ccc5c(c4Oc4ccc(C(C)(C)C)cc4)C(=O)c4ccccc4C5=O)c3)ccc3c2C(=O)c2ccccc2C3=O)cc1. The van der Waals surface area contributed by atoms with Gasteiger partial charge in [0.2, 0.25) is 0 Å². The first-order chi connectivity index (χ1) is 31.9. The highest BCUT2D eigenvalue weighted by Gasteiger charge is 2.36. The summed E-state index contributed by atoms with van der Waals surface area (Å²) in [6.45, 7) is 12.5. The van der Waals surface area contributed by atoms with Gasteiger partial charge >= 0.3 is 0 Å². The Kier molecular flexibility index (Phi) is 10.8. The molecule has 0 unspecified atom stereocenters. The van der Waals surface area contributed by atoms with E-state index in [0.717, 1.165) is 11.1 Å². The first-order valence-electron chi connectivity index (χ1n) is 21.7. The average Bonchev–Trinajstić information content (AvgIpc) is 3.30. The van der Waals surface area contributed by atoms with E-state index in [-0.39, 0.29) is 107 Å². The Hall–Kier alpha value is -8.44. The van der Waals surface area contributed by atoms with E-state index < -0.39 is 23.4 Å². The molecule has 0 saturated heterocycles. The van der Waals surface area contributed by atoms with Crippen molar-refractivity contribution < 1.29 is 38.2 Å². The second-order valence-corrected chi connectivity index (χ2v) is 18.6. The molecule has 0 radical (unpaired) electrons. The van der Waals surface area contributed by atoms with Gasteiger partial charge in [0.25, 0.3) is 11.8 Å². The highest BCUT2D eigenvalue weighted by atomic mass is 16.5. The van der Waals surface area contributed by atoms with Crippen molar-refractivity contribution in [3.63, 3.8) is 0 Å². The summed E-state index contributed by atoms with van der Waals surface area (Å²) >= 11 is 0. The molecular weight excluding hydrogens is 843 g/mol. The predicted octanol–water partition coefficient (Wildman–Crippen LogP) is 11.5. The number of amides is 2. The number of rotatable bonds is 8. The Bertz CT molecular complexity index is 3050. The summed E-state index contributed by atoms with van der Waals surface area (Å²) in [5, 5.41) is 5.66. The monoisotopic (exact) mass is 887 g/mol. The summed E-state index contributed by atoms with van der Waals surface area (Å²) in [4.78, 5) is 84.3. The molecule has 0 spiro atoms. The molecule has 9 rings (SSSR count). The molecule has 4 N–H and O–H groups in total. The lowest BCUT2D eigenvalue weighted by Gasteiger charge is -2.23. The summed E-state index contributed by atoms with van der Waals surface area (Å²) in [6, 6.07) is 37.8. The number of hydrogen-bond donors (Lipinski definition) is 3. The highest BCUT2D eigenvalue weighted by molar-refractivity contribution is 6.31. The van der Waals surface area contributed by atoms with E-state index in [2.05, 4.69) is 52.2 Å². The molecule has 0 atom stereocenters. The standard InChI is InChI=1S/C56H45N3O8/c1-55(2,3)32-15-19-35(20-16-32)66-51-43(25-23-41-45(51)49(62)39-13-9-7-11-37(39)47(41)60)58-53(64)30-27-31(29-34(57)28-30)54(65)59-44-26-24-42-46(50(63)40-14-10-8-12-38(40)48(42)61)52(44)67-36-21-17-33(18-22-36)56(4,5)6/h7-29H,57H2,1-6H3,(H,58,64)(H,59,65). The van der Waals surface area contributed by atoms with Crippen molar-refractivity contribution >= 4 is 52.0 Å². The zero-order valence-electron chi connectivity index (χ0n) is 37.6. The van der Waals surface area contributed by atoms with Crippen LogP contribution in [0.4, 0.5) is 17.1 Å². The number of benzene rings is 7. The summed E-state index contributed by atoms with van der Waals surface area (Å²) in [7, 11) is 0. The summed E-state index contributed by atoms with van der Waals surface area (Å²) < 4.78 is 12.8. The number of carbonyl (C=O) groups excluding carboxylic acids is 6. The summed E-state index contributed by atoms with van der Waals surface area (Å²) in [5.74, 6) is -2.39. The maximum Gasteiger partial charge on any atom is 0.255 e. The number of nitrogens with one attached hydrogen (secondary N) is 2. The molecule has 7 aromatic carbocycles. The van der Waals surface area contributed by atoms with Crippen LogP contribution in [0.1, 0.15) is 137 Å². The molecule has 0 aromatic heterocycles. The molecule has 7 aromatic rings. The quantitative estimate of drug-likeness (QED) is 0.126. The first-order valence-corrected chi connectivity index (χ1v) is 21.7. The van der Waals surface area contributed by atoms with Crippen LogP contribution in [-0.2, 0) is 10.8 Å².